The first-order chi connectivity index (χ1) is 6.95. The minimum atomic E-state index is -3.14. The molecule has 1 rings (SSSR count). The first kappa shape index (κ1) is 11.4. The Bertz CT molecular complexity index is 425. The lowest BCUT2D eigenvalue weighted by Gasteiger charge is -2.02. The van der Waals surface area contributed by atoms with E-state index in [4.69, 9.17) is 11.6 Å². The van der Waals surface area contributed by atoms with E-state index in [-0.39, 0.29) is 0 Å². The van der Waals surface area contributed by atoms with Gasteiger partial charge in [-0.05, 0) is 17.7 Å². The van der Waals surface area contributed by atoms with Crippen LogP contribution in [0.4, 0.5) is 14.5 Å². The highest BCUT2D eigenvalue weighted by molar-refractivity contribution is 6.68. The maximum Gasteiger partial charge on any atom is 0.308 e. The quantitative estimate of drug-likeness (QED) is 0.459. The van der Waals surface area contributed by atoms with Gasteiger partial charge in [0.25, 0.3) is 11.7 Å². The van der Waals surface area contributed by atoms with Crippen molar-refractivity contribution in [3.63, 3.8) is 0 Å². The summed E-state index contributed by atoms with van der Waals surface area (Å²) in [5.74, 6) is 0. The van der Waals surface area contributed by atoms with Crippen LogP contribution in [0, 0.1) is 10.1 Å². The number of hydrogen-bond donors (Lipinski definition) is 0. The molecule has 8 heteroatoms. The van der Waals surface area contributed by atoms with Crippen molar-refractivity contribution in [3.05, 3.63) is 33.6 Å². The molecule has 1 aromatic heterocycles. The van der Waals surface area contributed by atoms with Gasteiger partial charge in [0, 0.05) is 6.20 Å². The van der Waals surface area contributed by atoms with E-state index in [0.29, 0.717) is 0 Å². The molecule has 0 atom stereocenters. The molecule has 0 saturated carbocycles. The minimum Gasteiger partial charge on any atom is -0.275 e. The first-order valence-corrected chi connectivity index (χ1v) is 3.94. The molecule has 0 amide bonds. The second kappa shape index (κ2) is 4.26. The molecule has 0 aliphatic heterocycles. The second-order valence-electron chi connectivity index (χ2n) is 2.42. The molecular weight excluding hydrogens is 234 g/mol. The van der Waals surface area contributed by atoms with E-state index in [9.17, 15) is 23.7 Å². The van der Waals surface area contributed by atoms with Crippen LogP contribution >= 0.6 is 11.6 Å². The van der Waals surface area contributed by atoms with Gasteiger partial charge in [0.15, 0.2) is 5.69 Å². The fraction of sp³-hybridized carbons (Fsp3) is 0.143. The number of nitro groups is 1. The van der Waals surface area contributed by atoms with Crippen LogP contribution in [0.3, 0.4) is 0 Å². The van der Waals surface area contributed by atoms with E-state index in [1.165, 1.54) is 0 Å². The molecular formula is C7H3ClF2N2O3. The Morgan fingerprint density at radius 3 is 2.60 bits per heavy atom. The summed E-state index contributed by atoms with van der Waals surface area (Å²) < 4.78 is 24.6. The van der Waals surface area contributed by atoms with Crippen molar-refractivity contribution < 1.29 is 18.5 Å². The van der Waals surface area contributed by atoms with Crippen molar-refractivity contribution in [1.29, 1.82) is 0 Å². The Morgan fingerprint density at radius 1 is 1.60 bits per heavy atom. The van der Waals surface area contributed by atoms with Crippen LogP contribution in [-0.2, 0) is 0 Å². The number of aromatic nitrogens is 1. The van der Waals surface area contributed by atoms with Gasteiger partial charge in [-0.3, -0.25) is 14.9 Å². The fourth-order valence-corrected chi connectivity index (χ4v) is 1.13. The van der Waals surface area contributed by atoms with Crippen molar-refractivity contribution in [2.45, 2.75) is 6.43 Å². The fourth-order valence-electron chi connectivity index (χ4n) is 0.980. The molecule has 0 aromatic carbocycles. The van der Waals surface area contributed by atoms with E-state index in [0.717, 1.165) is 12.3 Å². The Kier molecular flexibility index (Phi) is 3.25. The van der Waals surface area contributed by atoms with Crippen LogP contribution in [0.2, 0.25) is 0 Å². The van der Waals surface area contributed by atoms with Gasteiger partial charge in [-0.15, -0.1) is 0 Å². The van der Waals surface area contributed by atoms with E-state index in [2.05, 4.69) is 4.98 Å². The summed E-state index contributed by atoms with van der Waals surface area (Å²) in [6.45, 7) is 0. The first-order valence-electron chi connectivity index (χ1n) is 3.56. The van der Waals surface area contributed by atoms with E-state index >= 15 is 0 Å². The zero-order chi connectivity index (χ0) is 11.6. The van der Waals surface area contributed by atoms with Crippen LogP contribution in [-0.4, -0.2) is 15.1 Å². The Morgan fingerprint density at radius 2 is 2.20 bits per heavy atom. The SMILES string of the molecule is O=C(Cl)c1ccnc(C(F)F)c1[N+](=O)[O-]. The van der Waals surface area contributed by atoms with Gasteiger partial charge >= 0.3 is 5.69 Å². The average molecular weight is 237 g/mol. The van der Waals surface area contributed by atoms with Crippen molar-refractivity contribution in [2.24, 2.45) is 0 Å². The Balaban J connectivity index is 3.48. The van der Waals surface area contributed by atoms with Crippen LogP contribution in [0.5, 0.6) is 0 Å². The third-order valence-corrected chi connectivity index (χ3v) is 1.76. The number of halogens is 3. The second-order valence-corrected chi connectivity index (χ2v) is 2.77. The van der Waals surface area contributed by atoms with E-state index in [1.54, 1.807) is 0 Å². The van der Waals surface area contributed by atoms with Gasteiger partial charge in [-0.25, -0.2) is 13.8 Å². The van der Waals surface area contributed by atoms with Crippen molar-refractivity contribution in [1.82, 2.24) is 4.98 Å². The molecule has 0 bridgehead atoms. The molecule has 0 aliphatic carbocycles. The number of carbonyl (C=O) groups excluding carboxylic acids is 1. The normalized spacial score (nSPS) is 10.4. The van der Waals surface area contributed by atoms with Crippen LogP contribution < -0.4 is 0 Å². The predicted octanol–water partition coefficient (Wildman–Crippen LogP) is 2.31. The number of carbonyl (C=O) groups is 1. The summed E-state index contributed by atoms with van der Waals surface area (Å²) in [5, 5.41) is 9.30. The molecule has 0 unspecified atom stereocenters. The Hall–Kier alpha value is -1.63. The molecule has 1 aromatic rings. The summed E-state index contributed by atoms with van der Waals surface area (Å²) in [6, 6.07) is 0.916. The highest BCUT2D eigenvalue weighted by Crippen LogP contribution is 2.30. The molecule has 0 N–H and O–H groups in total. The lowest BCUT2D eigenvalue weighted by molar-refractivity contribution is -0.386. The summed E-state index contributed by atoms with van der Waals surface area (Å²) in [5.41, 5.74) is -2.70. The van der Waals surface area contributed by atoms with Crippen molar-refractivity contribution in [3.8, 4) is 0 Å². The highest BCUT2D eigenvalue weighted by atomic mass is 35.5. The van der Waals surface area contributed by atoms with Gasteiger partial charge < -0.3 is 0 Å². The number of pyridine rings is 1. The molecule has 1 heterocycles. The number of hydrogen-bond acceptors (Lipinski definition) is 4. The topological polar surface area (TPSA) is 73.1 Å². The number of alkyl halides is 2. The number of nitrogens with zero attached hydrogens (tertiary/aromatic N) is 2. The third kappa shape index (κ3) is 2.24. The van der Waals surface area contributed by atoms with Gasteiger partial charge in [0.2, 0.25) is 0 Å². The molecule has 0 radical (unpaired) electrons. The predicted molar refractivity (Wildman–Crippen MR) is 46.0 cm³/mol. The molecule has 0 spiro atoms. The van der Waals surface area contributed by atoms with Crippen molar-refractivity contribution in [2.75, 3.05) is 0 Å². The van der Waals surface area contributed by atoms with Crippen molar-refractivity contribution >= 4 is 22.5 Å². The maximum atomic E-state index is 12.3. The summed E-state index contributed by atoms with van der Waals surface area (Å²) >= 11 is 5.01. The lowest BCUT2D eigenvalue weighted by atomic mass is 10.2. The summed E-state index contributed by atoms with van der Waals surface area (Å²) in [7, 11) is 0. The minimum absolute atomic E-state index is 0.591. The maximum absolute atomic E-state index is 12.3. The molecule has 0 aliphatic rings. The Labute approximate surface area is 86.8 Å². The molecule has 80 valence electrons. The van der Waals surface area contributed by atoms with Crippen LogP contribution in [0.1, 0.15) is 22.5 Å². The standard InChI is InChI=1S/C7H3ClF2N2O3/c8-6(13)3-1-2-11-4(7(9)10)5(3)12(14)15/h1-2,7H. The smallest absolute Gasteiger partial charge is 0.275 e. The zero-order valence-corrected chi connectivity index (χ0v) is 7.74. The lowest BCUT2D eigenvalue weighted by Crippen LogP contribution is -2.05. The average Bonchev–Trinajstić information content (AvgIpc) is 2.16. The molecule has 5 nitrogen and oxygen atoms in total. The third-order valence-electron chi connectivity index (χ3n) is 1.55. The largest absolute Gasteiger partial charge is 0.308 e. The summed E-state index contributed by atoms with van der Waals surface area (Å²) in [6.07, 6.45) is -2.27. The van der Waals surface area contributed by atoms with E-state index < -0.39 is 33.5 Å². The van der Waals surface area contributed by atoms with Gasteiger partial charge in [-0.1, -0.05) is 0 Å². The molecule has 0 saturated heterocycles. The summed E-state index contributed by atoms with van der Waals surface area (Å²) in [4.78, 5) is 23.2. The van der Waals surface area contributed by atoms with Gasteiger partial charge in [-0.2, -0.15) is 0 Å². The molecule has 15 heavy (non-hydrogen) atoms. The van der Waals surface area contributed by atoms with Gasteiger partial charge in [0.1, 0.15) is 5.56 Å². The highest BCUT2D eigenvalue weighted by Gasteiger charge is 2.29. The molecule has 0 fully saturated rings. The van der Waals surface area contributed by atoms with Crippen LogP contribution in [0.15, 0.2) is 12.3 Å². The zero-order valence-electron chi connectivity index (χ0n) is 6.99. The van der Waals surface area contributed by atoms with Gasteiger partial charge in [0.05, 0.1) is 4.92 Å². The monoisotopic (exact) mass is 236 g/mol. The van der Waals surface area contributed by atoms with Crippen LogP contribution in [0.25, 0.3) is 0 Å². The number of rotatable bonds is 3. The van der Waals surface area contributed by atoms with E-state index in [1.807, 2.05) is 0 Å².